The summed E-state index contributed by atoms with van der Waals surface area (Å²) >= 11 is 0. The number of phenolic OH excluding ortho intramolecular Hbond substituents is 1. The van der Waals surface area contributed by atoms with Crippen LogP contribution in [0.15, 0.2) is 59.4 Å². The van der Waals surface area contributed by atoms with E-state index in [0.29, 0.717) is 18.4 Å². The first-order chi connectivity index (χ1) is 19.8. The van der Waals surface area contributed by atoms with Crippen LogP contribution < -0.4 is 16.6 Å². The molecule has 2 heterocycles. The predicted molar refractivity (Wildman–Crippen MR) is 155 cm³/mol. The highest BCUT2D eigenvalue weighted by Crippen LogP contribution is 2.55. The summed E-state index contributed by atoms with van der Waals surface area (Å²) in [6.45, 7) is 2.15. The number of fused-ring (bicyclic) bond motifs is 2. The number of H-pyrrole nitrogens is 1. The molecule has 2 aromatic carbocycles. The zero-order chi connectivity index (χ0) is 28.3. The second-order valence-corrected chi connectivity index (χ2v) is 12.6. The Hall–Kier alpha value is -3.91. The van der Waals surface area contributed by atoms with Crippen LogP contribution in [0, 0.1) is 11.8 Å². The van der Waals surface area contributed by atoms with Crippen molar-refractivity contribution in [3.63, 3.8) is 0 Å². The monoisotopic (exact) mass is 552 g/mol. The van der Waals surface area contributed by atoms with Crippen LogP contribution in [0.2, 0.25) is 0 Å². The summed E-state index contributed by atoms with van der Waals surface area (Å²) in [6.07, 6.45) is 6.20. The van der Waals surface area contributed by atoms with Gasteiger partial charge in [-0.2, -0.15) is 0 Å². The van der Waals surface area contributed by atoms with Crippen LogP contribution >= 0.6 is 0 Å². The zero-order valence-electron chi connectivity index (χ0n) is 23.1. The van der Waals surface area contributed by atoms with Crippen LogP contribution in [0.4, 0.5) is 0 Å². The van der Waals surface area contributed by atoms with Crippen LogP contribution in [0.5, 0.6) is 5.75 Å². The number of piperidine rings is 1. The fraction of sp³-hybridized carbons (Fsp3) is 0.424. The van der Waals surface area contributed by atoms with E-state index in [9.17, 15) is 19.5 Å². The van der Waals surface area contributed by atoms with E-state index in [1.807, 2.05) is 36.4 Å². The highest BCUT2D eigenvalue weighted by atomic mass is 16.3. The molecule has 1 saturated heterocycles. The SMILES string of the molecule is NC(=O)[C@H](Cc1ccccc1)NC(=O)c1cc2c([nH]c1=O)C[C@]13CCN(CC4CC4)[C@H](Cc4ccc(O)cc41)[C@@H]3C2. The van der Waals surface area contributed by atoms with Crippen molar-refractivity contribution in [2.24, 2.45) is 17.6 Å². The van der Waals surface area contributed by atoms with E-state index < -0.39 is 23.4 Å². The van der Waals surface area contributed by atoms with Crippen molar-refractivity contribution in [1.29, 1.82) is 0 Å². The highest BCUT2D eigenvalue weighted by molar-refractivity contribution is 5.97. The minimum atomic E-state index is -0.929. The van der Waals surface area contributed by atoms with Gasteiger partial charge in [0, 0.05) is 30.1 Å². The van der Waals surface area contributed by atoms with Crippen LogP contribution in [0.3, 0.4) is 0 Å². The fourth-order valence-corrected chi connectivity index (χ4v) is 7.84. The molecular formula is C33H36N4O4. The number of carbonyl (C=O) groups excluding carboxylic acids is 2. The number of hydrogen-bond donors (Lipinski definition) is 4. The van der Waals surface area contributed by atoms with E-state index in [0.717, 1.165) is 55.1 Å². The van der Waals surface area contributed by atoms with Gasteiger partial charge in [-0.1, -0.05) is 36.4 Å². The van der Waals surface area contributed by atoms with E-state index in [2.05, 4.69) is 21.3 Å². The Morgan fingerprint density at radius 2 is 1.90 bits per heavy atom. The lowest BCUT2D eigenvalue weighted by Crippen LogP contribution is -2.63. The molecule has 2 fully saturated rings. The highest BCUT2D eigenvalue weighted by Gasteiger charge is 2.55. The molecule has 8 nitrogen and oxygen atoms in total. The predicted octanol–water partition coefficient (Wildman–Crippen LogP) is 2.60. The second kappa shape index (κ2) is 9.87. The molecular weight excluding hydrogens is 516 g/mol. The van der Waals surface area contributed by atoms with Gasteiger partial charge in [0.25, 0.3) is 11.5 Å². The molecule has 8 heteroatoms. The standard InChI is InChI=1S/C33H36N4O4/c34-30(39)27(12-19-4-2-1-3-5-19)35-31(40)24-13-22-14-26-29-15-21-8-9-23(38)16-25(21)33(26,17-28(22)36-32(24)41)10-11-37(29)18-20-6-7-20/h1-5,8-9,13,16,20,26-27,29,38H,6-7,10-12,14-15,17-18H2,(H2,34,39)(H,35,40)(H,36,41)/t26-,27-,29+,33+/m0/s1. The van der Waals surface area contributed by atoms with Crippen LogP contribution in [0.1, 0.15) is 57.6 Å². The van der Waals surface area contributed by atoms with Gasteiger partial charge in [0.15, 0.2) is 0 Å². The maximum atomic E-state index is 13.3. The van der Waals surface area contributed by atoms with Gasteiger partial charge in [-0.3, -0.25) is 19.3 Å². The van der Waals surface area contributed by atoms with E-state index in [4.69, 9.17) is 5.73 Å². The molecule has 41 heavy (non-hydrogen) atoms. The Kier molecular flexibility index (Phi) is 6.27. The second-order valence-electron chi connectivity index (χ2n) is 12.6. The minimum absolute atomic E-state index is 0.00728. The first-order valence-electron chi connectivity index (χ1n) is 14.8. The number of aromatic nitrogens is 1. The zero-order valence-corrected chi connectivity index (χ0v) is 23.1. The quantitative estimate of drug-likeness (QED) is 0.358. The normalized spacial score (nSPS) is 25.4. The number of nitrogens with two attached hydrogens (primary N) is 1. The molecule has 0 spiro atoms. The fourth-order valence-electron chi connectivity index (χ4n) is 7.84. The van der Waals surface area contributed by atoms with E-state index >= 15 is 0 Å². The number of primary amides is 1. The number of carbonyl (C=O) groups is 2. The number of nitrogens with zero attached hydrogens (tertiary/aromatic N) is 1. The number of likely N-dealkylation sites (tertiary alicyclic amines) is 1. The Morgan fingerprint density at radius 3 is 2.66 bits per heavy atom. The van der Waals surface area contributed by atoms with Crippen molar-refractivity contribution in [2.75, 3.05) is 13.1 Å². The molecule has 4 atom stereocenters. The van der Waals surface area contributed by atoms with Gasteiger partial charge in [-0.15, -0.1) is 0 Å². The molecule has 3 aliphatic carbocycles. The van der Waals surface area contributed by atoms with E-state index in [1.54, 1.807) is 12.1 Å². The molecule has 7 rings (SSSR count). The van der Waals surface area contributed by atoms with Gasteiger partial charge in [0.05, 0.1) is 0 Å². The van der Waals surface area contributed by atoms with Gasteiger partial charge in [-0.25, -0.2) is 0 Å². The van der Waals surface area contributed by atoms with Crippen molar-refractivity contribution in [1.82, 2.24) is 15.2 Å². The number of nitrogens with one attached hydrogen (secondary N) is 2. The first-order valence-corrected chi connectivity index (χ1v) is 14.8. The summed E-state index contributed by atoms with van der Waals surface area (Å²) in [5.41, 5.74) is 10.2. The van der Waals surface area contributed by atoms with Crippen molar-refractivity contribution < 1.29 is 14.7 Å². The third-order valence-electron chi connectivity index (χ3n) is 10.1. The van der Waals surface area contributed by atoms with Crippen molar-refractivity contribution in [3.8, 4) is 5.75 Å². The summed E-state index contributed by atoms with van der Waals surface area (Å²) in [5.74, 6) is 0.145. The largest absolute Gasteiger partial charge is 0.508 e. The molecule has 1 saturated carbocycles. The summed E-state index contributed by atoms with van der Waals surface area (Å²) in [5, 5.41) is 13.2. The van der Waals surface area contributed by atoms with Gasteiger partial charge in [0.2, 0.25) is 5.91 Å². The lowest BCUT2D eigenvalue weighted by molar-refractivity contribution is -0.119. The number of phenols is 1. The van der Waals surface area contributed by atoms with Crippen molar-refractivity contribution in [3.05, 3.63) is 98.5 Å². The smallest absolute Gasteiger partial charge is 0.261 e. The molecule has 4 aliphatic rings. The number of benzene rings is 2. The molecule has 3 aromatic rings. The van der Waals surface area contributed by atoms with Crippen LogP contribution in [-0.2, 0) is 35.9 Å². The number of amides is 2. The molecule has 1 aliphatic heterocycles. The minimum Gasteiger partial charge on any atom is -0.508 e. The lowest BCUT2D eigenvalue weighted by atomic mass is 9.52. The molecule has 2 amide bonds. The summed E-state index contributed by atoms with van der Waals surface area (Å²) in [6, 6.07) is 16.3. The topological polar surface area (TPSA) is 129 Å². The van der Waals surface area contributed by atoms with Crippen LogP contribution in [0.25, 0.3) is 0 Å². The molecule has 212 valence electrons. The Bertz CT molecular complexity index is 1580. The summed E-state index contributed by atoms with van der Waals surface area (Å²) < 4.78 is 0. The molecule has 5 N–H and O–H groups in total. The third-order valence-corrected chi connectivity index (χ3v) is 10.1. The van der Waals surface area contributed by atoms with Crippen molar-refractivity contribution >= 4 is 11.8 Å². The van der Waals surface area contributed by atoms with Gasteiger partial charge < -0.3 is 21.1 Å². The van der Waals surface area contributed by atoms with Gasteiger partial charge >= 0.3 is 0 Å². The summed E-state index contributed by atoms with van der Waals surface area (Å²) in [7, 11) is 0. The van der Waals surface area contributed by atoms with E-state index in [1.165, 1.54) is 24.0 Å². The lowest BCUT2D eigenvalue weighted by Gasteiger charge is -2.59. The van der Waals surface area contributed by atoms with Gasteiger partial charge in [0.1, 0.15) is 17.4 Å². The van der Waals surface area contributed by atoms with Gasteiger partial charge in [-0.05, 0) is 97.4 Å². The maximum Gasteiger partial charge on any atom is 0.261 e. The van der Waals surface area contributed by atoms with E-state index in [-0.39, 0.29) is 23.1 Å². The molecule has 0 radical (unpaired) electrons. The Labute approximate surface area is 239 Å². The summed E-state index contributed by atoms with van der Waals surface area (Å²) in [4.78, 5) is 44.5. The number of aromatic hydroxyl groups is 1. The molecule has 2 bridgehead atoms. The average molecular weight is 553 g/mol. The average Bonchev–Trinajstić information content (AvgIpc) is 3.78. The Morgan fingerprint density at radius 1 is 1.10 bits per heavy atom. The number of rotatable bonds is 7. The van der Waals surface area contributed by atoms with Crippen LogP contribution in [-0.4, -0.2) is 52.0 Å². The molecule has 1 aromatic heterocycles. The number of pyridine rings is 1. The number of aromatic amines is 1. The third kappa shape index (κ3) is 4.64. The first kappa shape index (κ1) is 26.0. The maximum absolute atomic E-state index is 13.3. The molecule has 0 unspecified atom stereocenters. The van der Waals surface area contributed by atoms with Crippen molar-refractivity contribution in [2.45, 2.75) is 62.4 Å². The number of hydrogen-bond acceptors (Lipinski definition) is 5. The Balaban J connectivity index is 1.21.